The van der Waals surface area contributed by atoms with Crippen molar-refractivity contribution in [3.8, 4) is 0 Å². The van der Waals surface area contributed by atoms with Crippen molar-refractivity contribution in [1.29, 1.82) is 0 Å². The molecule has 0 fully saturated rings. The molecular weight excluding hydrogens is 319 g/mol. The van der Waals surface area contributed by atoms with Gasteiger partial charge in [0.05, 0.1) is 5.56 Å². The van der Waals surface area contributed by atoms with Crippen molar-refractivity contribution in [2.45, 2.75) is 13.5 Å². The van der Waals surface area contributed by atoms with E-state index in [1.807, 2.05) is 31.2 Å². The number of aromatic nitrogens is 2. The van der Waals surface area contributed by atoms with Crippen molar-refractivity contribution in [3.63, 3.8) is 0 Å². The largest absolute Gasteiger partial charge is 0.350 e. The summed E-state index contributed by atoms with van der Waals surface area (Å²) in [6, 6.07) is 13.7. The first-order valence-electron chi connectivity index (χ1n) is 7.78. The Morgan fingerprint density at radius 1 is 1.08 bits per heavy atom. The maximum atomic E-state index is 12.9. The summed E-state index contributed by atoms with van der Waals surface area (Å²) < 4.78 is 12.9. The van der Waals surface area contributed by atoms with Gasteiger partial charge in [0.15, 0.2) is 0 Å². The van der Waals surface area contributed by atoms with Gasteiger partial charge in [-0.05, 0) is 42.3 Å². The number of carbonyl (C=O) groups is 1. The molecule has 6 heteroatoms. The number of rotatable bonds is 5. The summed E-state index contributed by atoms with van der Waals surface area (Å²) in [7, 11) is 0. The van der Waals surface area contributed by atoms with E-state index in [9.17, 15) is 9.18 Å². The average molecular weight is 336 g/mol. The first-order chi connectivity index (χ1) is 12.1. The molecule has 2 N–H and O–H groups in total. The zero-order chi connectivity index (χ0) is 17.6. The highest BCUT2D eigenvalue weighted by Crippen LogP contribution is 2.12. The summed E-state index contributed by atoms with van der Waals surface area (Å²) in [5.41, 5.74) is 3.07. The Balaban J connectivity index is 1.59. The van der Waals surface area contributed by atoms with E-state index in [2.05, 4.69) is 20.6 Å². The number of amides is 1. The molecule has 0 unspecified atom stereocenters. The van der Waals surface area contributed by atoms with Gasteiger partial charge in [-0.3, -0.25) is 4.79 Å². The molecule has 0 aliphatic carbocycles. The normalized spacial score (nSPS) is 10.3. The molecule has 0 saturated heterocycles. The third-order valence-corrected chi connectivity index (χ3v) is 3.55. The topological polar surface area (TPSA) is 66.9 Å². The van der Waals surface area contributed by atoms with Gasteiger partial charge in [-0.15, -0.1) is 0 Å². The summed E-state index contributed by atoms with van der Waals surface area (Å²) in [5.74, 6) is -0.143. The van der Waals surface area contributed by atoms with Crippen molar-refractivity contribution in [2.24, 2.45) is 0 Å². The highest BCUT2D eigenvalue weighted by molar-refractivity contribution is 6.03. The molecule has 0 aliphatic heterocycles. The van der Waals surface area contributed by atoms with Gasteiger partial charge >= 0.3 is 0 Å². The molecule has 126 valence electrons. The van der Waals surface area contributed by atoms with Gasteiger partial charge in [-0.25, -0.2) is 14.4 Å². The maximum Gasteiger partial charge on any atom is 0.258 e. The highest BCUT2D eigenvalue weighted by atomic mass is 19.1. The van der Waals surface area contributed by atoms with Crippen molar-refractivity contribution in [1.82, 2.24) is 9.97 Å². The predicted octanol–water partition coefficient (Wildman–Crippen LogP) is 3.79. The molecule has 0 aliphatic rings. The molecule has 0 atom stereocenters. The Bertz CT molecular complexity index is 863. The second kappa shape index (κ2) is 7.53. The lowest BCUT2D eigenvalue weighted by Crippen LogP contribution is -2.13. The summed E-state index contributed by atoms with van der Waals surface area (Å²) in [6.45, 7) is 2.43. The molecule has 1 aromatic heterocycles. The second-order valence-electron chi connectivity index (χ2n) is 5.60. The van der Waals surface area contributed by atoms with Crippen LogP contribution in [0.1, 0.15) is 21.5 Å². The molecule has 0 saturated carbocycles. The van der Waals surface area contributed by atoms with Crippen LogP contribution < -0.4 is 10.6 Å². The number of benzene rings is 2. The smallest absolute Gasteiger partial charge is 0.258 e. The van der Waals surface area contributed by atoms with E-state index in [-0.39, 0.29) is 11.7 Å². The van der Waals surface area contributed by atoms with Gasteiger partial charge in [0, 0.05) is 24.6 Å². The zero-order valence-corrected chi connectivity index (χ0v) is 13.7. The fraction of sp³-hybridized carbons (Fsp3) is 0.105. The number of hydrogen-bond donors (Lipinski definition) is 2. The van der Waals surface area contributed by atoms with E-state index < -0.39 is 0 Å². The Hall–Kier alpha value is -3.28. The second-order valence-corrected chi connectivity index (χ2v) is 5.60. The lowest BCUT2D eigenvalue weighted by atomic mass is 10.2. The molecule has 0 radical (unpaired) electrons. The molecule has 25 heavy (non-hydrogen) atoms. The molecule has 0 spiro atoms. The lowest BCUT2D eigenvalue weighted by molar-refractivity contribution is 0.102. The number of nitrogens with zero attached hydrogens (tertiary/aromatic N) is 2. The van der Waals surface area contributed by atoms with E-state index in [0.717, 1.165) is 16.8 Å². The Labute approximate surface area is 145 Å². The number of halogens is 1. The molecule has 2 aromatic carbocycles. The van der Waals surface area contributed by atoms with E-state index in [1.54, 1.807) is 12.1 Å². The van der Waals surface area contributed by atoms with Crippen LogP contribution in [0.4, 0.5) is 16.0 Å². The zero-order valence-electron chi connectivity index (χ0n) is 13.7. The number of aryl methyl sites for hydroxylation is 1. The van der Waals surface area contributed by atoms with Crippen LogP contribution in [0.3, 0.4) is 0 Å². The monoisotopic (exact) mass is 336 g/mol. The number of hydrogen-bond acceptors (Lipinski definition) is 4. The third-order valence-electron chi connectivity index (χ3n) is 3.55. The minimum absolute atomic E-state index is 0.268. The SMILES string of the molecule is Cc1cccc(NC(=O)c2cnc(NCc3ccc(F)cc3)nc2)c1. The molecule has 0 bridgehead atoms. The first-order valence-corrected chi connectivity index (χ1v) is 7.78. The fourth-order valence-electron chi connectivity index (χ4n) is 2.25. The summed E-state index contributed by atoms with van der Waals surface area (Å²) >= 11 is 0. The van der Waals surface area contributed by atoms with Gasteiger partial charge in [-0.1, -0.05) is 24.3 Å². The van der Waals surface area contributed by atoms with Crippen molar-refractivity contribution < 1.29 is 9.18 Å². The third kappa shape index (κ3) is 4.60. The van der Waals surface area contributed by atoms with Crippen LogP contribution in [0.15, 0.2) is 60.9 Å². The molecule has 3 aromatic rings. The summed E-state index contributed by atoms with van der Waals surface area (Å²) in [6.07, 6.45) is 2.93. The van der Waals surface area contributed by atoms with E-state index in [0.29, 0.717) is 18.1 Å². The minimum Gasteiger partial charge on any atom is -0.350 e. The molecule has 3 rings (SSSR count). The molecule has 1 heterocycles. The van der Waals surface area contributed by atoms with Crippen LogP contribution in [-0.2, 0) is 6.54 Å². The van der Waals surface area contributed by atoms with Gasteiger partial charge < -0.3 is 10.6 Å². The molecular formula is C19H17FN4O. The van der Waals surface area contributed by atoms with E-state index >= 15 is 0 Å². The van der Waals surface area contributed by atoms with Crippen LogP contribution in [0.2, 0.25) is 0 Å². The van der Waals surface area contributed by atoms with Crippen LogP contribution in [0.25, 0.3) is 0 Å². The van der Waals surface area contributed by atoms with Gasteiger partial charge in [-0.2, -0.15) is 0 Å². The van der Waals surface area contributed by atoms with Gasteiger partial charge in [0.2, 0.25) is 5.95 Å². The average Bonchev–Trinajstić information content (AvgIpc) is 2.62. The van der Waals surface area contributed by atoms with E-state index in [1.165, 1.54) is 24.5 Å². The number of carbonyl (C=O) groups excluding carboxylic acids is 1. The highest BCUT2D eigenvalue weighted by Gasteiger charge is 2.08. The van der Waals surface area contributed by atoms with Crippen molar-refractivity contribution in [3.05, 3.63) is 83.4 Å². The lowest BCUT2D eigenvalue weighted by Gasteiger charge is -2.07. The Morgan fingerprint density at radius 3 is 2.48 bits per heavy atom. The summed E-state index contributed by atoms with van der Waals surface area (Å²) in [5, 5.41) is 5.83. The predicted molar refractivity (Wildman–Crippen MR) is 94.9 cm³/mol. The van der Waals surface area contributed by atoms with Crippen molar-refractivity contribution in [2.75, 3.05) is 10.6 Å². The fourth-order valence-corrected chi connectivity index (χ4v) is 2.25. The standard InChI is InChI=1S/C19H17FN4O/c1-13-3-2-4-17(9-13)24-18(25)15-11-22-19(23-12-15)21-10-14-5-7-16(20)8-6-14/h2-9,11-12H,10H2,1H3,(H,24,25)(H,21,22,23). The van der Waals surface area contributed by atoms with Crippen molar-refractivity contribution >= 4 is 17.5 Å². The first kappa shape index (κ1) is 16.6. The van der Waals surface area contributed by atoms with Gasteiger partial charge in [0.25, 0.3) is 5.91 Å². The maximum absolute atomic E-state index is 12.9. The summed E-state index contributed by atoms with van der Waals surface area (Å²) in [4.78, 5) is 20.5. The number of anilines is 2. The van der Waals surface area contributed by atoms with Gasteiger partial charge in [0.1, 0.15) is 5.82 Å². The van der Waals surface area contributed by atoms with Crippen LogP contribution in [0.5, 0.6) is 0 Å². The van der Waals surface area contributed by atoms with E-state index in [4.69, 9.17) is 0 Å². The quantitative estimate of drug-likeness (QED) is 0.744. The molecule has 1 amide bonds. The van der Waals surface area contributed by atoms with Crippen LogP contribution >= 0.6 is 0 Å². The Morgan fingerprint density at radius 2 is 1.80 bits per heavy atom. The Kier molecular flexibility index (Phi) is 4.99. The number of nitrogens with one attached hydrogen (secondary N) is 2. The van der Waals surface area contributed by atoms with Crippen LogP contribution in [-0.4, -0.2) is 15.9 Å². The molecule has 5 nitrogen and oxygen atoms in total. The minimum atomic E-state index is -0.274. The van der Waals surface area contributed by atoms with Crippen LogP contribution in [0, 0.1) is 12.7 Å².